The van der Waals surface area contributed by atoms with Crippen LogP contribution in [0.15, 0.2) is 24.5 Å². The van der Waals surface area contributed by atoms with Crippen LogP contribution in [-0.2, 0) is 9.53 Å². The number of esters is 1. The summed E-state index contributed by atoms with van der Waals surface area (Å²) in [7, 11) is 1.39. The second-order valence-electron chi connectivity index (χ2n) is 4.27. The molecule has 4 nitrogen and oxygen atoms in total. The van der Waals surface area contributed by atoms with E-state index in [1.807, 2.05) is 19.1 Å². The highest BCUT2D eigenvalue weighted by molar-refractivity contribution is 5.79. The van der Waals surface area contributed by atoms with Crippen LogP contribution in [-0.4, -0.2) is 23.6 Å². The molecule has 16 heavy (non-hydrogen) atoms. The van der Waals surface area contributed by atoms with Crippen molar-refractivity contribution in [2.45, 2.75) is 32.4 Å². The molecule has 0 fully saturated rings. The molecule has 1 N–H and O–H groups in total. The molecule has 1 aromatic heterocycles. The molecule has 0 aliphatic heterocycles. The minimum absolute atomic E-state index is 0.0443. The number of hydrogen-bond donors (Lipinski definition) is 1. The molecule has 0 radical (unpaired) electrons. The van der Waals surface area contributed by atoms with Gasteiger partial charge in [0.25, 0.3) is 0 Å². The molecular formula is C12H18N2O2. The lowest BCUT2D eigenvalue weighted by Crippen LogP contribution is -2.48. The summed E-state index contributed by atoms with van der Waals surface area (Å²) < 4.78 is 4.73. The van der Waals surface area contributed by atoms with Gasteiger partial charge in [-0.2, -0.15) is 0 Å². The maximum absolute atomic E-state index is 11.5. The fraction of sp³-hybridized carbons (Fsp3) is 0.500. The van der Waals surface area contributed by atoms with Crippen molar-refractivity contribution >= 4 is 5.97 Å². The summed E-state index contributed by atoms with van der Waals surface area (Å²) in [6, 6.07) is 3.89. The van der Waals surface area contributed by atoms with Crippen LogP contribution in [0.3, 0.4) is 0 Å². The van der Waals surface area contributed by atoms with E-state index in [0.717, 1.165) is 5.56 Å². The largest absolute Gasteiger partial charge is 0.468 e. The lowest BCUT2D eigenvalue weighted by atomic mass is 10.0. The summed E-state index contributed by atoms with van der Waals surface area (Å²) in [5.74, 6) is -0.275. The molecule has 0 bridgehead atoms. The van der Waals surface area contributed by atoms with Crippen molar-refractivity contribution in [2.75, 3.05) is 7.11 Å². The summed E-state index contributed by atoms with van der Waals surface area (Å²) in [5.41, 5.74) is 0.337. The fourth-order valence-electron chi connectivity index (χ4n) is 1.57. The lowest BCUT2D eigenvalue weighted by molar-refractivity contribution is -0.147. The van der Waals surface area contributed by atoms with Crippen LogP contribution < -0.4 is 5.32 Å². The van der Waals surface area contributed by atoms with Gasteiger partial charge < -0.3 is 4.74 Å². The molecule has 0 saturated heterocycles. The van der Waals surface area contributed by atoms with E-state index < -0.39 is 5.54 Å². The van der Waals surface area contributed by atoms with Gasteiger partial charge in [0.15, 0.2) is 0 Å². The highest BCUT2D eigenvalue weighted by Gasteiger charge is 2.30. The Morgan fingerprint density at radius 2 is 2.25 bits per heavy atom. The first kappa shape index (κ1) is 12.6. The molecule has 0 saturated carbocycles. The zero-order chi connectivity index (χ0) is 12.2. The first-order chi connectivity index (χ1) is 7.47. The summed E-state index contributed by atoms with van der Waals surface area (Å²) in [4.78, 5) is 15.5. The van der Waals surface area contributed by atoms with E-state index in [0.29, 0.717) is 0 Å². The number of pyridine rings is 1. The molecule has 1 unspecified atom stereocenters. The van der Waals surface area contributed by atoms with Crippen molar-refractivity contribution in [3.8, 4) is 0 Å². The molecule has 1 aromatic rings. The van der Waals surface area contributed by atoms with Crippen molar-refractivity contribution in [1.29, 1.82) is 0 Å². The highest BCUT2D eigenvalue weighted by Crippen LogP contribution is 2.16. The Bertz CT molecular complexity index is 349. The first-order valence-corrected chi connectivity index (χ1v) is 5.23. The second kappa shape index (κ2) is 5.07. The predicted octanol–water partition coefficient (Wildman–Crippen LogP) is 1.68. The van der Waals surface area contributed by atoms with Crippen molar-refractivity contribution < 1.29 is 9.53 Å². The molecule has 0 aromatic carbocycles. The summed E-state index contributed by atoms with van der Waals surface area (Å²) >= 11 is 0. The Morgan fingerprint density at radius 1 is 1.56 bits per heavy atom. The zero-order valence-electron chi connectivity index (χ0n) is 10.2. The molecular weight excluding hydrogens is 204 g/mol. The summed E-state index contributed by atoms with van der Waals surface area (Å²) in [6.45, 7) is 5.58. The molecule has 88 valence electrons. The third-order valence-corrected chi connectivity index (χ3v) is 2.46. The molecule has 0 aliphatic carbocycles. The molecule has 1 atom stereocenters. The van der Waals surface area contributed by atoms with Crippen LogP contribution in [0.25, 0.3) is 0 Å². The van der Waals surface area contributed by atoms with E-state index in [2.05, 4.69) is 10.3 Å². The Kier molecular flexibility index (Phi) is 4.01. The number of hydrogen-bond acceptors (Lipinski definition) is 4. The van der Waals surface area contributed by atoms with E-state index in [-0.39, 0.29) is 12.0 Å². The van der Waals surface area contributed by atoms with Gasteiger partial charge in [0.2, 0.25) is 0 Å². The SMILES string of the molecule is COC(=O)C(C)(C)NC(C)c1cccnc1. The number of ether oxygens (including phenoxy) is 1. The van der Waals surface area contributed by atoms with Crippen molar-refractivity contribution in [1.82, 2.24) is 10.3 Å². The maximum atomic E-state index is 11.5. The molecule has 1 rings (SSSR count). The topological polar surface area (TPSA) is 51.2 Å². The number of nitrogens with one attached hydrogen (secondary N) is 1. The Hall–Kier alpha value is -1.42. The normalized spacial score (nSPS) is 13.2. The minimum atomic E-state index is -0.704. The highest BCUT2D eigenvalue weighted by atomic mass is 16.5. The second-order valence-corrected chi connectivity index (χ2v) is 4.27. The summed E-state index contributed by atoms with van der Waals surface area (Å²) in [5, 5.41) is 3.21. The van der Waals surface area contributed by atoms with E-state index in [9.17, 15) is 4.79 Å². The van der Waals surface area contributed by atoms with Gasteiger partial charge in [-0.3, -0.25) is 15.1 Å². The lowest BCUT2D eigenvalue weighted by Gasteiger charge is -2.27. The zero-order valence-corrected chi connectivity index (χ0v) is 10.2. The number of carbonyl (C=O) groups excluding carboxylic acids is 1. The van der Waals surface area contributed by atoms with Gasteiger partial charge in [0.1, 0.15) is 5.54 Å². The average molecular weight is 222 g/mol. The van der Waals surface area contributed by atoms with Crippen LogP contribution in [0.1, 0.15) is 32.4 Å². The van der Waals surface area contributed by atoms with Crippen molar-refractivity contribution in [3.05, 3.63) is 30.1 Å². The van der Waals surface area contributed by atoms with Crippen LogP contribution >= 0.6 is 0 Å². The van der Waals surface area contributed by atoms with Gasteiger partial charge in [0.05, 0.1) is 7.11 Å². The van der Waals surface area contributed by atoms with Gasteiger partial charge >= 0.3 is 5.97 Å². The van der Waals surface area contributed by atoms with Gasteiger partial charge in [-0.15, -0.1) is 0 Å². The fourth-order valence-corrected chi connectivity index (χ4v) is 1.57. The molecule has 0 spiro atoms. The van der Waals surface area contributed by atoms with Gasteiger partial charge in [-0.25, -0.2) is 0 Å². The third-order valence-electron chi connectivity index (χ3n) is 2.46. The van der Waals surface area contributed by atoms with E-state index in [1.165, 1.54) is 7.11 Å². The van der Waals surface area contributed by atoms with Gasteiger partial charge in [-0.05, 0) is 32.4 Å². The van der Waals surface area contributed by atoms with Crippen LogP contribution in [0.4, 0.5) is 0 Å². The maximum Gasteiger partial charge on any atom is 0.325 e. The van der Waals surface area contributed by atoms with Gasteiger partial charge in [0, 0.05) is 18.4 Å². The Morgan fingerprint density at radius 3 is 2.75 bits per heavy atom. The standard InChI is InChI=1S/C12H18N2O2/c1-9(10-6-5-7-13-8-10)14-12(2,3)11(15)16-4/h5-9,14H,1-4H3. The summed E-state index contributed by atoms with van der Waals surface area (Å²) in [6.07, 6.45) is 3.51. The Labute approximate surface area is 96.0 Å². The number of nitrogens with zero attached hydrogens (tertiary/aromatic N) is 1. The quantitative estimate of drug-likeness (QED) is 0.787. The monoisotopic (exact) mass is 222 g/mol. The average Bonchev–Trinajstić information content (AvgIpc) is 2.28. The van der Waals surface area contributed by atoms with Crippen LogP contribution in [0.2, 0.25) is 0 Å². The third kappa shape index (κ3) is 3.03. The number of rotatable bonds is 4. The van der Waals surface area contributed by atoms with Crippen LogP contribution in [0, 0.1) is 0 Å². The van der Waals surface area contributed by atoms with E-state index in [1.54, 1.807) is 26.2 Å². The smallest absolute Gasteiger partial charge is 0.325 e. The minimum Gasteiger partial charge on any atom is -0.468 e. The number of aromatic nitrogens is 1. The van der Waals surface area contributed by atoms with Gasteiger partial charge in [-0.1, -0.05) is 6.07 Å². The number of carbonyl (C=O) groups is 1. The predicted molar refractivity (Wildman–Crippen MR) is 61.9 cm³/mol. The molecule has 1 heterocycles. The molecule has 0 aliphatic rings. The molecule has 4 heteroatoms. The first-order valence-electron chi connectivity index (χ1n) is 5.23. The molecule has 0 amide bonds. The Balaban J connectivity index is 2.71. The van der Waals surface area contributed by atoms with Crippen LogP contribution in [0.5, 0.6) is 0 Å². The number of methoxy groups -OCH3 is 1. The van der Waals surface area contributed by atoms with E-state index >= 15 is 0 Å². The van der Waals surface area contributed by atoms with Crippen molar-refractivity contribution in [2.24, 2.45) is 0 Å². The van der Waals surface area contributed by atoms with E-state index in [4.69, 9.17) is 4.74 Å². The van der Waals surface area contributed by atoms with Crippen molar-refractivity contribution in [3.63, 3.8) is 0 Å².